The highest BCUT2D eigenvalue weighted by Crippen LogP contribution is 2.14. The van der Waals surface area contributed by atoms with Gasteiger partial charge in [-0.2, -0.15) is 0 Å². The molecule has 0 spiro atoms. The number of rotatable bonds is 3. The Balaban J connectivity index is 1.78. The van der Waals surface area contributed by atoms with Gasteiger partial charge < -0.3 is 25.6 Å². The number of aliphatic carboxylic acids is 1. The SMILES string of the molecule is O=C(O)[C@@H]1C[C@H](OC(=O)[C@@H]2C[C@H](O)CN2)CN1. The molecule has 0 amide bonds. The molecule has 2 heterocycles. The number of aliphatic hydroxyl groups is 1. The summed E-state index contributed by atoms with van der Waals surface area (Å²) in [6, 6.07) is -1.12. The molecule has 2 saturated heterocycles. The summed E-state index contributed by atoms with van der Waals surface area (Å²) in [5, 5.41) is 23.6. The quantitative estimate of drug-likeness (QED) is 0.428. The number of nitrogens with one attached hydrogen (secondary N) is 2. The van der Waals surface area contributed by atoms with E-state index in [4.69, 9.17) is 9.84 Å². The topological polar surface area (TPSA) is 108 Å². The molecule has 2 rings (SSSR count). The van der Waals surface area contributed by atoms with Crippen LogP contribution >= 0.6 is 0 Å². The zero-order chi connectivity index (χ0) is 12.4. The third kappa shape index (κ3) is 2.93. The maximum absolute atomic E-state index is 11.7. The van der Waals surface area contributed by atoms with E-state index in [1.807, 2.05) is 0 Å². The second-order valence-corrected chi connectivity index (χ2v) is 4.44. The summed E-state index contributed by atoms with van der Waals surface area (Å²) in [5.41, 5.74) is 0. The Kier molecular flexibility index (Phi) is 3.60. The lowest BCUT2D eigenvalue weighted by atomic mass is 10.2. The first-order chi connectivity index (χ1) is 8.06. The predicted octanol–water partition coefficient (Wildman–Crippen LogP) is -1.93. The standard InChI is InChI=1S/C10H16N2O5/c13-5-1-8(11-3-5)10(16)17-6-2-7(9(14)15)12-4-6/h5-8,11-13H,1-4H2,(H,14,15)/t5-,6-,7-,8-/m0/s1. The fraction of sp³-hybridized carbons (Fsp3) is 0.800. The number of esters is 1. The Hall–Kier alpha value is -1.18. The predicted molar refractivity (Wildman–Crippen MR) is 56.3 cm³/mol. The van der Waals surface area contributed by atoms with E-state index in [2.05, 4.69) is 10.6 Å². The van der Waals surface area contributed by atoms with Gasteiger partial charge in [0.1, 0.15) is 18.2 Å². The molecule has 0 aromatic heterocycles. The van der Waals surface area contributed by atoms with E-state index in [0.717, 1.165) is 0 Å². The Labute approximate surface area is 98.1 Å². The summed E-state index contributed by atoms with van der Waals surface area (Å²) in [6.07, 6.45) is -0.276. The van der Waals surface area contributed by atoms with Crippen molar-refractivity contribution in [3.8, 4) is 0 Å². The fourth-order valence-electron chi connectivity index (χ4n) is 2.12. The number of aliphatic hydroxyl groups excluding tert-OH is 1. The van der Waals surface area contributed by atoms with Crippen molar-refractivity contribution in [2.75, 3.05) is 13.1 Å². The van der Waals surface area contributed by atoms with Crippen LogP contribution in [0.5, 0.6) is 0 Å². The van der Waals surface area contributed by atoms with E-state index in [1.165, 1.54) is 0 Å². The minimum absolute atomic E-state index is 0.288. The average Bonchev–Trinajstić information content (AvgIpc) is 2.86. The van der Waals surface area contributed by atoms with Crippen LogP contribution in [0.3, 0.4) is 0 Å². The van der Waals surface area contributed by atoms with Crippen molar-refractivity contribution in [1.82, 2.24) is 10.6 Å². The number of β-amino-alcohol motifs (C(OH)–C–C–N with tert-alkyl or cyclic N) is 1. The highest BCUT2D eigenvalue weighted by atomic mass is 16.5. The molecule has 96 valence electrons. The summed E-state index contributed by atoms with van der Waals surface area (Å²) < 4.78 is 5.19. The molecule has 4 atom stereocenters. The summed E-state index contributed by atoms with van der Waals surface area (Å²) >= 11 is 0. The summed E-state index contributed by atoms with van der Waals surface area (Å²) in [6.45, 7) is 0.748. The molecule has 0 bridgehead atoms. The van der Waals surface area contributed by atoms with Gasteiger partial charge in [0.15, 0.2) is 0 Å². The lowest BCUT2D eigenvalue weighted by Gasteiger charge is -2.14. The lowest BCUT2D eigenvalue weighted by Crippen LogP contribution is -2.35. The molecule has 0 aromatic rings. The van der Waals surface area contributed by atoms with Gasteiger partial charge in [-0.3, -0.25) is 9.59 Å². The van der Waals surface area contributed by atoms with Gasteiger partial charge in [0, 0.05) is 25.9 Å². The van der Waals surface area contributed by atoms with Crippen LogP contribution in [-0.2, 0) is 14.3 Å². The molecule has 2 fully saturated rings. The largest absolute Gasteiger partial charge is 0.480 e. The average molecular weight is 244 g/mol. The second-order valence-electron chi connectivity index (χ2n) is 4.44. The third-order valence-electron chi connectivity index (χ3n) is 3.06. The highest BCUT2D eigenvalue weighted by Gasteiger charge is 2.35. The molecule has 17 heavy (non-hydrogen) atoms. The first kappa shape index (κ1) is 12.3. The normalized spacial score (nSPS) is 37.0. The van der Waals surface area contributed by atoms with Crippen molar-refractivity contribution in [3.05, 3.63) is 0 Å². The molecule has 0 radical (unpaired) electrons. The first-order valence-corrected chi connectivity index (χ1v) is 5.64. The van der Waals surface area contributed by atoms with Gasteiger partial charge in [-0.05, 0) is 0 Å². The molecule has 0 saturated carbocycles. The van der Waals surface area contributed by atoms with E-state index >= 15 is 0 Å². The van der Waals surface area contributed by atoms with Crippen LogP contribution in [0.4, 0.5) is 0 Å². The smallest absolute Gasteiger partial charge is 0.323 e. The van der Waals surface area contributed by atoms with Crippen LogP contribution in [-0.4, -0.2) is 59.5 Å². The van der Waals surface area contributed by atoms with Crippen LogP contribution in [0.1, 0.15) is 12.8 Å². The van der Waals surface area contributed by atoms with Crippen LogP contribution in [0.2, 0.25) is 0 Å². The summed E-state index contributed by atoms with van der Waals surface area (Å²) in [5.74, 6) is -1.35. The third-order valence-corrected chi connectivity index (χ3v) is 3.06. The molecule has 0 unspecified atom stereocenters. The number of ether oxygens (including phenoxy) is 1. The van der Waals surface area contributed by atoms with E-state index in [-0.39, 0.29) is 6.42 Å². The molecule has 2 aliphatic rings. The van der Waals surface area contributed by atoms with E-state index in [1.54, 1.807) is 0 Å². The molecule has 7 heteroatoms. The van der Waals surface area contributed by atoms with Gasteiger partial charge in [-0.25, -0.2) is 0 Å². The van der Waals surface area contributed by atoms with E-state index < -0.39 is 36.2 Å². The van der Waals surface area contributed by atoms with Crippen molar-refractivity contribution in [1.29, 1.82) is 0 Å². The number of carbonyl (C=O) groups excluding carboxylic acids is 1. The molecular formula is C10H16N2O5. The van der Waals surface area contributed by atoms with Gasteiger partial charge in [-0.15, -0.1) is 0 Å². The van der Waals surface area contributed by atoms with Gasteiger partial charge in [0.2, 0.25) is 0 Å². The molecule has 0 aliphatic carbocycles. The molecule has 4 N–H and O–H groups in total. The minimum atomic E-state index is -0.932. The molecule has 0 aromatic carbocycles. The maximum Gasteiger partial charge on any atom is 0.323 e. The first-order valence-electron chi connectivity index (χ1n) is 5.64. The van der Waals surface area contributed by atoms with Gasteiger partial charge >= 0.3 is 11.9 Å². The van der Waals surface area contributed by atoms with Gasteiger partial charge in [0.25, 0.3) is 0 Å². The van der Waals surface area contributed by atoms with Crippen LogP contribution in [0.25, 0.3) is 0 Å². The van der Waals surface area contributed by atoms with Crippen molar-refractivity contribution < 1.29 is 24.5 Å². The number of carboxylic acid groups (broad SMARTS) is 1. The van der Waals surface area contributed by atoms with E-state index in [0.29, 0.717) is 19.5 Å². The molecule has 7 nitrogen and oxygen atoms in total. The Bertz CT molecular complexity index is 322. The molecular weight excluding hydrogens is 228 g/mol. The van der Waals surface area contributed by atoms with Crippen molar-refractivity contribution in [2.45, 2.75) is 37.1 Å². The van der Waals surface area contributed by atoms with Crippen molar-refractivity contribution in [3.63, 3.8) is 0 Å². The molecule has 2 aliphatic heterocycles. The van der Waals surface area contributed by atoms with Crippen LogP contribution < -0.4 is 10.6 Å². The van der Waals surface area contributed by atoms with E-state index in [9.17, 15) is 14.7 Å². The monoisotopic (exact) mass is 244 g/mol. The second kappa shape index (κ2) is 4.99. The Morgan fingerprint density at radius 3 is 2.35 bits per heavy atom. The Morgan fingerprint density at radius 1 is 1.12 bits per heavy atom. The zero-order valence-electron chi connectivity index (χ0n) is 9.26. The van der Waals surface area contributed by atoms with Crippen LogP contribution in [0, 0.1) is 0 Å². The van der Waals surface area contributed by atoms with Gasteiger partial charge in [0.05, 0.1) is 6.10 Å². The summed E-state index contributed by atoms with van der Waals surface area (Å²) in [7, 11) is 0. The number of carbonyl (C=O) groups is 2. The Morgan fingerprint density at radius 2 is 1.82 bits per heavy atom. The highest BCUT2D eigenvalue weighted by molar-refractivity contribution is 5.77. The van der Waals surface area contributed by atoms with Crippen molar-refractivity contribution in [2.24, 2.45) is 0 Å². The fourth-order valence-corrected chi connectivity index (χ4v) is 2.12. The lowest BCUT2D eigenvalue weighted by molar-refractivity contribution is -0.151. The zero-order valence-corrected chi connectivity index (χ0v) is 9.26. The maximum atomic E-state index is 11.7. The number of hydrogen-bond acceptors (Lipinski definition) is 6. The van der Waals surface area contributed by atoms with Crippen LogP contribution in [0.15, 0.2) is 0 Å². The minimum Gasteiger partial charge on any atom is -0.480 e. The van der Waals surface area contributed by atoms with Gasteiger partial charge in [-0.1, -0.05) is 0 Å². The summed E-state index contributed by atoms with van der Waals surface area (Å²) in [4.78, 5) is 22.3. The number of hydrogen-bond donors (Lipinski definition) is 4. The number of carboxylic acids is 1. The van der Waals surface area contributed by atoms with Crippen molar-refractivity contribution >= 4 is 11.9 Å².